The minimum Gasteiger partial charge on any atom is -0.450 e. The van der Waals surface area contributed by atoms with Crippen molar-refractivity contribution in [2.45, 2.75) is 209 Å². The molecule has 2 heterocycles. The van der Waals surface area contributed by atoms with Crippen LogP contribution in [-0.4, -0.2) is 191 Å². The van der Waals surface area contributed by atoms with E-state index in [1.807, 2.05) is 0 Å². The highest BCUT2D eigenvalue weighted by Crippen LogP contribution is 2.42. The summed E-state index contributed by atoms with van der Waals surface area (Å²) in [6.45, 7) is 17.1. The molecular weight excluding hydrogens is 1190 g/mol. The maximum absolute atomic E-state index is 13.2. The first-order valence-electron chi connectivity index (χ1n) is 25.5. The second-order valence-electron chi connectivity index (χ2n) is 18.6. The second kappa shape index (κ2) is 31.5. The average Bonchev–Trinajstić information content (AvgIpc) is 2.16. The molecule has 0 fully saturated rings. The number of thiophene rings is 1. The first-order chi connectivity index (χ1) is 38.7. The van der Waals surface area contributed by atoms with E-state index in [1.165, 1.54) is 6.92 Å². The highest BCUT2D eigenvalue weighted by molar-refractivity contribution is 7.95. The lowest BCUT2D eigenvalue weighted by Crippen LogP contribution is -2.42. The molecular formula is C49H68N2O30S3. The van der Waals surface area contributed by atoms with Crippen molar-refractivity contribution in [3.63, 3.8) is 0 Å². The van der Waals surface area contributed by atoms with Gasteiger partial charge in [0.15, 0.2) is 83.1 Å². The number of carbonyl (C=O) groups is 13. The van der Waals surface area contributed by atoms with Crippen LogP contribution in [0.25, 0.3) is 0 Å². The Morgan fingerprint density at radius 3 is 0.952 bits per heavy atom. The molecule has 35 heteroatoms. The Balaban J connectivity index is 1.81. The van der Waals surface area contributed by atoms with E-state index in [0.717, 1.165) is 96.1 Å². The molecule has 15 atom stereocenters. The minimum atomic E-state index is -4.68. The molecule has 0 aliphatic carbocycles. The molecule has 3 N–H and O–H groups in total. The maximum Gasteiger partial charge on any atom is 0.347 e. The Hall–Kier alpha value is -7.37. The van der Waals surface area contributed by atoms with Gasteiger partial charge in [-0.2, -0.15) is 0 Å². The molecule has 84 heavy (non-hydrogen) atoms. The van der Waals surface area contributed by atoms with Crippen LogP contribution >= 0.6 is 11.3 Å². The third-order valence-electron chi connectivity index (χ3n) is 11.3. The molecule has 32 nitrogen and oxygen atoms in total. The van der Waals surface area contributed by atoms with E-state index in [4.69, 9.17) is 52.1 Å². The minimum absolute atomic E-state index is 0.167. The summed E-state index contributed by atoms with van der Waals surface area (Å²) in [6.07, 6.45) is -22.1. The Bertz CT molecular complexity index is 2880. The van der Waals surface area contributed by atoms with Crippen LogP contribution in [0.5, 0.6) is 0 Å². The number of amides is 1. The van der Waals surface area contributed by atoms with Crippen molar-refractivity contribution in [2.75, 3.05) is 6.54 Å². The molecule has 0 bridgehead atoms. The first kappa shape index (κ1) is 72.7. The van der Waals surface area contributed by atoms with Crippen LogP contribution < -0.4 is 10.0 Å². The Morgan fingerprint density at radius 2 is 0.714 bits per heavy atom. The molecule has 0 radical (unpaired) electrons. The SMILES string of the molecule is CCN[C@H]1C[C@H](C)S(=O)(=O)c2sc(S(=O)(=O)NC(=O)C(C)OC(=O)C(C)OC(=O)C(C)OC(=O)C(C)OC(=O)C(C)OC(=O)C(C)OC(=O)C(C)OC(=O)C(C)OC(=O)C(C)OC(=O)C(C)OC(=O)C(C)OC(=O)C(C)OC(=O)C(C)O)cc21. The Morgan fingerprint density at radius 1 is 0.476 bits per heavy atom. The number of carbonyl (C=O) groups excluding carboxylic acids is 13. The smallest absolute Gasteiger partial charge is 0.347 e. The van der Waals surface area contributed by atoms with Gasteiger partial charge in [0.25, 0.3) is 15.9 Å². The van der Waals surface area contributed by atoms with Crippen molar-refractivity contribution in [3.8, 4) is 0 Å². The number of nitrogens with one attached hydrogen (secondary N) is 2. The van der Waals surface area contributed by atoms with E-state index >= 15 is 0 Å². The number of ether oxygens (including phenoxy) is 12. The zero-order valence-corrected chi connectivity index (χ0v) is 50.6. The van der Waals surface area contributed by atoms with Gasteiger partial charge in [0.1, 0.15) is 14.5 Å². The first-order valence-corrected chi connectivity index (χ1v) is 29.3. The fourth-order valence-corrected chi connectivity index (χ4v) is 11.3. The van der Waals surface area contributed by atoms with E-state index in [9.17, 15) is 84.3 Å². The summed E-state index contributed by atoms with van der Waals surface area (Å²) in [6, 6.07) is 0.673. The number of aliphatic hydroxyl groups is 1. The summed E-state index contributed by atoms with van der Waals surface area (Å²) in [5.41, 5.74) is 0.229. The van der Waals surface area contributed by atoms with Gasteiger partial charge in [0.2, 0.25) is 0 Å². The van der Waals surface area contributed by atoms with Gasteiger partial charge in [-0.15, -0.1) is 11.3 Å². The van der Waals surface area contributed by atoms with Crippen LogP contribution in [-0.2, 0) is 139 Å². The summed E-state index contributed by atoms with van der Waals surface area (Å²) in [5, 5.41) is 11.5. The molecule has 1 aromatic heterocycles. The summed E-state index contributed by atoms with van der Waals surface area (Å²) in [7, 11) is -8.54. The van der Waals surface area contributed by atoms with E-state index in [0.29, 0.717) is 17.9 Å². The number of rotatable bonds is 29. The van der Waals surface area contributed by atoms with Crippen molar-refractivity contribution in [3.05, 3.63) is 11.6 Å². The molecule has 2 rings (SSSR count). The summed E-state index contributed by atoms with van der Waals surface area (Å²) < 4.78 is 112. The molecule has 0 aromatic carbocycles. The van der Waals surface area contributed by atoms with Crippen LogP contribution in [0.2, 0.25) is 0 Å². The monoisotopic (exact) mass is 1260 g/mol. The highest BCUT2D eigenvalue weighted by Gasteiger charge is 2.41. The summed E-state index contributed by atoms with van der Waals surface area (Å²) in [5.74, 6) is -16.9. The van der Waals surface area contributed by atoms with Gasteiger partial charge in [0, 0.05) is 11.6 Å². The van der Waals surface area contributed by atoms with Crippen molar-refractivity contribution in [1.29, 1.82) is 0 Å². The Labute approximate surface area is 485 Å². The fourth-order valence-electron chi connectivity index (χ4n) is 6.26. The number of fused-ring (bicyclic) bond motifs is 1. The largest absolute Gasteiger partial charge is 0.450 e. The predicted octanol–water partition coefficient (Wildman–Crippen LogP) is -0.669. The molecule has 1 aliphatic heterocycles. The van der Waals surface area contributed by atoms with E-state index in [1.54, 1.807) is 11.6 Å². The van der Waals surface area contributed by atoms with E-state index in [-0.39, 0.29) is 16.2 Å². The lowest BCUT2D eigenvalue weighted by molar-refractivity contribution is -0.190. The molecule has 0 saturated heterocycles. The third-order valence-corrected chi connectivity index (χ3v) is 17.0. The second-order valence-corrected chi connectivity index (χ2v) is 24.1. The average molecular weight is 1260 g/mol. The van der Waals surface area contributed by atoms with Crippen molar-refractivity contribution in [1.82, 2.24) is 10.0 Å². The van der Waals surface area contributed by atoms with Crippen molar-refractivity contribution in [2.24, 2.45) is 0 Å². The van der Waals surface area contributed by atoms with Gasteiger partial charge < -0.3 is 67.3 Å². The lowest BCUT2D eigenvalue weighted by Gasteiger charge is -2.27. The summed E-state index contributed by atoms with van der Waals surface area (Å²) in [4.78, 5) is 163. The topological polar surface area (TPSA) is 445 Å². The van der Waals surface area contributed by atoms with Gasteiger partial charge in [-0.05, 0) is 116 Å². The molecule has 1 aromatic rings. The zero-order valence-electron chi connectivity index (χ0n) is 48.2. The van der Waals surface area contributed by atoms with Gasteiger partial charge in [0.05, 0.1) is 5.25 Å². The van der Waals surface area contributed by atoms with Crippen LogP contribution in [0.15, 0.2) is 14.5 Å². The molecule has 1 amide bonds. The van der Waals surface area contributed by atoms with Crippen LogP contribution in [0.1, 0.15) is 122 Å². The standard InChI is InChI=1S/C49H68N2O30S3/c1-16-50-34-17-19(2)83(66,67)49-33(34)18-35(82-49)84(68,69)51-36(53)21(4)70-38(55)23(6)72-40(57)25(8)74-42(59)27(10)76-44(61)29(12)78-46(63)31(14)80-48(65)32(15)81-47(64)30(13)79-45(62)28(11)77-43(60)26(9)75-41(58)24(7)73-39(56)22(5)71-37(54)20(3)52/h18-32,34,50,52H,16-17H2,1-15H3,(H,51,53)/t19-,20?,21?,22?,23?,24?,25?,26?,27?,28?,29?,30?,31?,32?,34-/m0/s1. The molecule has 0 spiro atoms. The molecule has 472 valence electrons. The van der Waals surface area contributed by atoms with Crippen LogP contribution in [0.4, 0.5) is 0 Å². The lowest BCUT2D eigenvalue weighted by atomic mass is 10.1. The maximum atomic E-state index is 13.2. The van der Waals surface area contributed by atoms with E-state index in [2.05, 4.69) is 10.1 Å². The molecule has 13 unspecified atom stereocenters. The van der Waals surface area contributed by atoms with Crippen LogP contribution in [0, 0.1) is 0 Å². The normalized spacial score (nSPS) is 19.0. The fraction of sp³-hybridized carbons (Fsp3) is 0.653. The highest BCUT2D eigenvalue weighted by atomic mass is 32.3. The van der Waals surface area contributed by atoms with E-state index < -0.39 is 192 Å². The van der Waals surface area contributed by atoms with Gasteiger partial charge in [-0.1, -0.05) is 6.92 Å². The molecule has 0 saturated carbocycles. The number of hydrogen-bond donors (Lipinski definition) is 3. The third kappa shape index (κ3) is 21.1. The zero-order chi connectivity index (χ0) is 64.6. The number of hydrogen-bond acceptors (Lipinski definition) is 32. The van der Waals surface area contributed by atoms with Gasteiger partial charge >= 0.3 is 71.6 Å². The molecule has 1 aliphatic rings. The number of aliphatic hydroxyl groups excluding tert-OH is 1. The van der Waals surface area contributed by atoms with Gasteiger partial charge in [-0.3, -0.25) is 4.79 Å². The number of esters is 12. The number of sulfone groups is 1. The van der Waals surface area contributed by atoms with Crippen molar-refractivity contribution < 1.29 is 141 Å². The summed E-state index contributed by atoms with van der Waals surface area (Å²) >= 11 is 0.454. The van der Waals surface area contributed by atoms with Crippen molar-refractivity contribution >= 4 is 109 Å². The quantitative estimate of drug-likeness (QED) is 0.0661. The van der Waals surface area contributed by atoms with Gasteiger partial charge in [-0.25, -0.2) is 79.1 Å². The van der Waals surface area contributed by atoms with Crippen LogP contribution in [0.3, 0.4) is 0 Å². The predicted molar refractivity (Wildman–Crippen MR) is 276 cm³/mol. The Kier molecular flexibility index (Phi) is 27.3. The number of sulfonamides is 1.